The Kier molecular flexibility index (Phi) is 5.23. The van der Waals surface area contributed by atoms with Gasteiger partial charge >= 0.3 is 0 Å². The summed E-state index contributed by atoms with van der Waals surface area (Å²) in [7, 11) is 0. The van der Waals surface area contributed by atoms with E-state index in [1.54, 1.807) is 0 Å². The van der Waals surface area contributed by atoms with Crippen LogP contribution in [-0.4, -0.2) is 16.0 Å². The molecule has 3 aromatic rings. The maximum atomic E-state index is 12.0. The summed E-state index contributed by atoms with van der Waals surface area (Å²) in [6.07, 6.45) is 0.750. The lowest BCUT2D eigenvalue weighted by Crippen LogP contribution is -2.23. The number of rotatable bonds is 6. The molecule has 0 bridgehead atoms. The van der Waals surface area contributed by atoms with Crippen molar-refractivity contribution < 1.29 is 9.32 Å². The minimum atomic E-state index is -0.0313. The first kappa shape index (κ1) is 16.9. The van der Waals surface area contributed by atoms with E-state index in [1.165, 1.54) is 5.56 Å². The highest BCUT2D eigenvalue weighted by Crippen LogP contribution is 2.20. The molecule has 0 aliphatic carbocycles. The summed E-state index contributed by atoms with van der Waals surface area (Å²) in [5.41, 5.74) is 4.32. The van der Waals surface area contributed by atoms with Crippen LogP contribution < -0.4 is 5.32 Å². The van der Waals surface area contributed by atoms with Gasteiger partial charge in [0.2, 0.25) is 17.6 Å². The molecule has 0 atom stereocenters. The summed E-state index contributed by atoms with van der Waals surface area (Å²) >= 11 is 0. The molecular formula is C20H21N3O2. The largest absolute Gasteiger partial charge is 0.352 e. The fourth-order valence-electron chi connectivity index (χ4n) is 2.51. The van der Waals surface area contributed by atoms with Crippen LogP contribution in [0, 0.1) is 13.8 Å². The molecule has 2 aromatic carbocycles. The smallest absolute Gasteiger partial charge is 0.227 e. The van der Waals surface area contributed by atoms with Gasteiger partial charge in [-0.25, -0.2) is 0 Å². The predicted molar refractivity (Wildman–Crippen MR) is 95.8 cm³/mol. The summed E-state index contributed by atoms with van der Waals surface area (Å²) in [6, 6.07) is 16.0. The van der Waals surface area contributed by atoms with Crippen LogP contribution in [0.1, 0.15) is 29.0 Å². The number of amides is 1. The molecule has 3 rings (SSSR count). The van der Waals surface area contributed by atoms with E-state index in [0.29, 0.717) is 31.1 Å². The van der Waals surface area contributed by atoms with Crippen LogP contribution in [0.3, 0.4) is 0 Å². The van der Waals surface area contributed by atoms with Crippen molar-refractivity contribution in [3.05, 3.63) is 71.1 Å². The monoisotopic (exact) mass is 335 g/mol. The lowest BCUT2D eigenvalue weighted by molar-refractivity contribution is -0.121. The van der Waals surface area contributed by atoms with Gasteiger partial charge in [0.1, 0.15) is 0 Å². The molecule has 0 aliphatic heterocycles. The van der Waals surface area contributed by atoms with E-state index in [1.807, 2.05) is 62.4 Å². The number of benzene rings is 2. The molecule has 128 valence electrons. The molecule has 0 spiro atoms. The molecule has 0 unspecified atom stereocenters. The SMILES string of the molecule is Cc1ccc(CNC(=O)CCc2nc(-c3ccccc3C)no2)cc1. The van der Waals surface area contributed by atoms with Gasteiger partial charge in [-0.15, -0.1) is 0 Å². The number of aromatic nitrogens is 2. The van der Waals surface area contributed by atoms with Crippen molar-refractivity contribution in [3.8, 4) is 11.4 Å². The Bertz CT molecular complexity index is 853. The van der Waals surface area contributed by atoms with Crippen molar-refractivity contribution >= 4 is 5.91 Å². The molecule has 0 radical (unpaired) electrons. The van der Waals surface area contributed by atoms with Crippen molar-refractivity contribution in [2.24, 2.45) is 0 Å². The molecule has 1 amide bonds. The standard InChI is InChI=1S/C20H21N3O2/c1-14-7-9-16(10-8-14)13-21-18(24)11-12-19-22-20(23-25-19)17-6-4-3-5-15(17)2/h3-10H,11-13H2,1-2H3,(H,21,24). The normalized spacial score (nSPS) is 10.6. The van der Waals surface area contributed by atoms with Crippen LogP contribution in [0.2, 0.25) is 0 Å². The van der Waals surface area contributed by atoms with Crippen molar-refractivity contribution in [1.29, 1.82) is 0 Å². The van der Waals surface area contributed by atoms with Crippen LogP contribution in [0.25, 0.3) is 11.4 Å². The summed E-state index contributed by atoms with van der Waals surface area (Å²) < 4.78 is 5.26. The lowest BCUT2D eigenvalue weighted by atomic mass is 10.1. The van der Waals surface area contributed by atoms with Crippen LogP contribution in [0.4, 0.5) is 0 Å². The van der Waals surface area contributed by atoms with E-state index >= 15 is 0 Å². The maximum Gasteiger partial charge on any atom is 0.227 e. The second kappa shape index (κ2) is 7.75. The summed E-state index contributed by atoms with van der Waals surface area (Å²) in [4.78, 5) is 16.4. The fourth-order valence-corrected chi connectivity index (χ4v) is 2.51. The van der Waals surface area contributed by atoms with Gasteiger partial charge in [-0.2, -0.15) is 4.98 Å². The third-order valence-corrected chi connectivity index (χ3v) is 4.03. The number of hydrogen-bond donors (Lipinski definition) is 1. The van der Waals surface area contributed by atoms with Gasteiger partial charge in [0.15, 0.2) is 0 Å². The molecule has 0 saturated carbocycles. The van der Waals surface area contributed by atoms with E-state index in [-0.39, 0.29) is 5.91 Å². The fraction of sp³-hybridized carbons (Fsp3) is 0.250. The number of carbonyl (C=O) groups excluding carboxylic acids is 1. The van der Waals surface area contributed by atoms with E-state index < -0.39 is 0 Å². The molecule has 0 aliphatic rings. The first-order valence-corrected chi connectivity index (χ1v) is 8.32. The van der Waals surface area contributed by atoms with Gasteiger partial charge in [0.25, 0.3) is 0 Å². The van der Waals surface area contributed by atoms with Crippen molar-refractivity contribution in [2.45, 2.75) is 33.2 Å². The maximum absolute atomic E-state index is 12.0. The molecule has 1 N–H and O–H groups in total. The topological polar surface area (TPSA) is 68.0 Å². The predicted octanol–water partition coefficient (Wildman–Crippen LogP) is 3.60. The number of hydrogen-bond acceptors (Lipinski definition) is 4. The van der Waals surface area contributed by atoms with Gasteiger partial charge in [-0.1, -0.05) is 59.3 Å². The van der Waals surface area contributed by atoms with E-state index in [4.69, 9.17) is 4.52 Å². The molecule has 5 nitrogen and oxygen atoms in total. The zero-order valence-corrected chi connectivity index (χ0v) is 14.5. The van der Waals surface area contributed by atoms with Crippen molar-refractivity contribution in [2.75, 3.05) is 0 Å². The zero-order chi connectivity index (χ0) is 17.6. The number of carbonyl (C=O) groups is 1. The molecule has 1 heterocycles. The summed E-state index contributed by atoms with van der Waals surface area (Å²) in [6.45, 7) is 4.57. The Balaban J connectivity index is 1.51. The molecule has 0 fully saturated rings. The van der Waals surface area contributed by atoms with Crippen molar-refractivity contribution in [3.63, 3.8) is 0 Å². The minimum Gasteiger partial charge on any atom is -0.352 e. The number of nitrogens with one attached hydrogen (secondary N) is 1. The van der Waals surface area contributed by atoms with Crippen LogP contribution in [0.15, 0.2) is 53.1 Å². The second-order valence-corrected chi connectivity index (χ2v) is 6.09. The van der Waals surface area contributed by atoms with E-state index in [0.717, 1.165) is 16.7 Å². The average molecular weight is 335 g/mol. The highest BCUT2D eigenvalue weighted by Gasteiger charge is 2.12. The third-order valence-electron chi connectivity index (χ3n) is 4.03. The molecule has 5 heteroatoms. The van der Waals surface area contributed by atoms with Gasteiger partial charge in [-0.05, 0) is 25.0 Å². The average Bonchev–Trinajstić information content (AvgIpc) is 3.08. The molecule has 1 aromatic heterocycles. The molecule has 0 saturated heterocycles. The van der Waals surface area contributed by atoms with Gasteiger partial charge in [-0.3, -0.25) is 4.79 Å². The number of aryl methyl sites for hydroxylation is 3. The highest BCUT2D eigenvalue weighted by molar-refractivity contribution is 5.76. The van der Waals surface area contributed by atoms with E-state index in [9.17, 15) is 4.79 Å². The lowest BCUT2D eigenvalue weighted by Gasteiger charge is -2.04. The Hall–Kier alpha value is -2.95. The summed E-state index contributed by atoms with van der Waals surface area (Å²) in [5.74, 6) is 1.01. The van der Waals surface area contributed by atoms with Gasteiger partial charge in [0, 0.05) is 24.9 Å². The first-order chi connectivity index (χ1) is 12.1. The van der Waals surface area contributed by atoms with Crippen LogP contribution >= 0.6 is 0 Å². The van der Waals surface area contributed by atoms with Crippen LogP contribution in [0.5, 0.6) is 0 Å². The van der Waals surface area contributed by atoms with Crippen molar-refractivity contribution in [1.82, 2.24) is 15.5 Å². The summed E-state index contributed by atoms with van der Waals surface area (Å²) in [5, 5.41) is 6.92. The number of nitrogens with zero attached hydrogens (tertiary/aromatic N) is 2. The van der Waals surface area contributed by atoms with E-state index in [2.05, 4.69) is 15.5 Å². The molecular weight excluding hydrogens is 314 g/mol. The first-order valence-electron chi connectivity index (χ1n) is 8.32. The quantitative estimate of drug-likeness (QED) is 0.747. The molecule has 25 heavy (non-hydrogen) atoms. The zero-order valence-electron chi connectivity index (χ0n) is 14.5. The van der Waals surface area contributed by atoms with Crippen LogP contribution in [-0.2, 0) is 17.8 Å². The Morgan fingerprint density at radius 1 is 1.08 bits per heavy atom. The Morgan fingerprint density at radius 2 is 1.84 bits per heavy atom. The Morgan fingerprint density at radius 3 is 2.60 bits per heavy atom. The van der Waals surface area contributed by atoms with Gasteiger partial charge in [0.05, 0.1) is 0 Å². The minimum absolute atomic E-state index is 0.0313. The second-order valence-electron chi connectivity index (χ2n) is 6.09. The van der Waals surface area contributed by atoms with Gasteiger partial charge < -0.3 is 9.84 Å². The highest BCUT2D eigenvalue weighted by atomic mass is 16.5. The Labute approximate surface area is 147 Å². The third kappa shape index (κ3) is 4.53.